The molecule has 0 saturated carbocycles. The van der Waals surface area contributed by atoms with Crippen LogP contribution in [0.3, 0.4) is 0 Å². The van der Waals surface area contributed by atoms with Crippen molar-refractivity contribution in [3.63, 3.8) is 0 Å². The van der Waals surface area contributed by atoms with E-state index in [1.807, 2.05) is 0 Å². The van der Waals surface area contributed by atoms with E-state index in [1.165, 1.54) is 43.2 Å². The number of hydrogen-bond donors (Lipinski definition) is 2. The van der Waals surface area contributed by atoms with Gasteiger partial charge in [0.15, 0.2) is 0 Å². The Labute approximate surface area is 150 Å². The lowest BCUT2D eigenvalue weighted by atomic mass is 10.0. The predicted octanol–water partition coefficient (Wildman–Crippen LogP) is 1.61. The van der Waals surface area contributed by atoms with Gasteiger partial charge in [-0.1, -0.05) is 13.0 Å². The number of likely N-dealkylation sites (tertiary alicyclic amines) is 1. The van der Waals surface area contributed by atoms with E-state index < -0.39 is 10.0 Å². The highest BCUT2D eigenvalue weighted by atomic mass is 32.2. The molecule has 2 N–H and O–H groups in total. The second-order valence-corrected chi connectivity index (χ2v) is 8.24. The van der Waals surface area contributed by atoms with Gasteiger partial charge in [0, 0.05) is 31.7 Å². The van der Waals surface area contributed by atoms with Crippen molar-refractivity contribution in [2.24, 2.45) is 5.92 Å². The van der Waals surface area contributed by atoms with E-state index in [2.05, 4.69) is 28.4 Å². The van der Waals surface area contributed by atoms with Crippen LogP contribution in [0.15, 0.2) is 41.8 Å². The molecule has 7 heteroatoms. The Morgan fingerprint density at radius 1 is 1.36 bits per heavy atom. The Bertz CT molecular complexity index is 686. The second-order valence-electron chi connectivity index (χ2n) is 6.47. The molecule has 0 radical (unpaired) electrons. The first kappa shape index (κ1) is 19.6. The summed E-state index contributed by atoms with van der Waals surface area (Å²) in [6, 6.07) is 5.93. The van der Waals surface area contributed by atoms with Gasteiger partial charge in [-0.05, 0) is 49.6 Å². The molecule has 0 bridgehead atoms. The Morgan fingerprint density at radius 2 is 2.08 bits per heavy atom. The van der Waals surface area contributed by atoms with E-state index in [9.17, 15) is 13.2 Å². The van der Waals surface area contributed by atoms with Gasteiger partial charge in [-0.15, -0.1) is 6.58 Å². The number of benzene rings is 1. The number of carbonyl (C=O) groups is 1. The van der Waals surface area contributed by atoms with Gasteiger partial charge >= 0.3 is 0 Å². The van der Waals surface area contributed by atoms with Crippen LogP contribution < -0.4 is 10.0 Å². The SMILES string of the molecule is C=CCNS(=O)(=O)c1ccc(C(=O)NCCN2CCCC(C)C2)cc1. The second kappa shape index (κ2) is 9.12. The molecule has 1 heterocycles. The highest BCUT2D eigenvalue weighted by Crippen LogP contribution is 2.14. The van der Waals surface area contributed by atoms with Crippen molar-refractivity contribution in [2.45, 2.75) is 24.7 Å². The minimum Gasteiger partial charge on any atom is -0.351 e. The first-order chi connectivity index (χ1) is 11.9. The molecule has 1 unspecified atom stereocenters. The van der Waals surface area contributed by atoms with Gasteiger partial charge in [0.25, 0.3) is 5.91 Å². The van der Waals surface area contributed by atoms with E-state index in [4.69, 9.17) is 0 Å². The zero-order chi connectivity index (χ0) is 18.3. The van der Waals surface area contributed by atoms with Crippen LogP contribution >= 0.6 is 0 Å². The van der Waals surface area contributed by atoms with Crippen molar-refractivity contribution in [3.05, 3.63) is 42.5 Å². The van der Waals surface area contributed by atoms with Gasteiger partial charge in [0.2, 0.25) is 10.0 Å². The molecule has 1 aromatic carbocycles. The fourth-order valence-electron chi connectivity index (χ4n) is 2.96. The van der Waals surface area contributed by atoms with Crippen LogP contribution in [0.5, 0.6) is 0 Å². The number of piperidine rings is 1. The predicted molar refractivity (Wildman–Crippen MR) is 99.0 cm³/mol. The third-order valence-electron chi connectivity index (χ3n) is 4.30. The highest BCUT2D eigenvalue weighted by Gasteiger charge is 2.16. The van der Waals surface area contributed by atoms with Crippen molar-refractivity contribution < 1.29 is 13.2 Å². The third kappa shape index (κ3) is 5.95. The number of nitrogens with one attached hydrogen (secondary N) is 2. The maximum Gasteiger partial charge on any atom is 0.251 e. The van der Waals surface area contributed by atoms with Crippen LogP contribution in [-0.4, -0.2) is 51.9 Å². The summed E-state index contributed by atoms with van der Waals surface area (Å²) >= 11 is 0. The molecule has 1 amide bonds. The Balaban J connectivity index is 1.84. The summed E-state index contributed by atoms with van der Waals surface area (Å²) in [6.07, 6.45) is 3.97. The van der Waals surface area contributed by atoms with Gasteiger partial charge < -0.3 is 10.2 Å². The van der Waals surface area contributed by atoms with E-state index in [1.54, 1.807) is 0 Å². The van der Waals surface area contributed by atoms with E-state index in [0.717, 1.165) is 19.6 Å². The molecule has 1 saturated heterocycles. The Hall–Kier alpha value is -1.70. The molecule has 0 spiro atoms. The molecular formula is C18H27N3O3S. The van der Waals surface area contributed by atoms with Crippen LogP contribution in [0.1, 0.15) is 30.1 Å². The first-order valence-corrected chi connectivity index (χ1v) is 10.1. The fraction of sp³-hybridized carbons (Fsp3) is 0.500. The van der Waals surface area contributed by atoms with Crippen LogP contribution in [0.4, 0.5) is 0 Å². The zero-order valence-corrected chi connectivity index (χ0v) is 15.5. The van der Waals surface area contributed by atoms with Crippen molar-refractivity contribution in [1.29, 1.82) is 0 Å². The minimum absolute atomic E-state index is 0.133. The van der Waals surface area contributed by atoms with Gasteiger partial charge in [-0.25, -0.2) is 13.1 Å². The largest absolute Gasteiger partial charge is 0.351 e. The average Bonchev–Trinajstić information content (AvgIpc) is 2.60. The van der Waals surface area contributed by atoms with Gasteiger partial charge in [-0.2, -0.15) is 0 Å². The standard InChI is InChI=1S/C18H27N3O3S/c1-3-10-20-25(23,24)17-8-6-16(7-9-17)18(22)19-11-13-21-12-4-5-15(2)14-21/h3,6-9,15,20H,1,4-5,10-14H2,2H3,(H,19,22). The molecule has 1 atom stereocenters. The summed E-state index contributed by atoms with van der Waals surface area (Å²) in [5, 5.41) is 2.89. The lowest BCUT2D eigenvalue weighted by molar-refractivity contribution is 0.0943. The first-order valence-electron chi connectivity index (χ1n) is 8.63. The normalized spacial score (nSPS) is 18.7. The van der Waals surface area contributed by atoms with Crippen molar-refractivity contribution in [2.75, 3.05) is 32.7 Å². The molecule has 138 valence electrons. The molecule has 25 heavy (non-hydrogen) atoms. The van der Waals surface area contributed by atoms with E-state index in [0.29, 0.717) is 18.0 Å². The third-order valence-corrected chi connectivity index (χ3v) is 5.74. The number of carbonyl (C=O) groups excluding carboxylic acids is 1. The summed E-state index contributed by atoms with van der Waals surface area (Å²) in [6.45, 7) is 9.50. The fourth-order valence-corrected chi connectivity index (χ4v) is 3.96. The molecule has 0 aromatic heterocycles. The van der Waals surface area contributed by atoms with Crippen LogP contribution in [0.2, 0.25) is 0 Å². The molecule has 1 fully saturated rings. The summed E-state index contributed by atoms with van der Waals surface area (Å²) in [4.78, 5) is 14.7. The van der Waals surface area contributed by atoms with Crippen LogP contribution in [0, 0.1) is 5.92 Å². The lowest BCUT2D eigenvalue weighted by Gasteiger charge is -2.30. The zero-order valence-electron chi connectivity index (χ0n) is 14.7. The quantitative estimate of drug-likeness (QED) is 0.686. The van der Waals surface area contributed by atoms with E-state index >= 15 is 0 Å². The minimum atomic E-state index is -3.56. The van der Waals surface area contributed by atoms with Gasteiger partial charge in [-0.3, -0.25) is 4.79 Å². The molecule has 2 rings (SSSR count). The smallest absolute Gasteiger partial charge is 0.251 e. The Kier molecular flexibility index (Phi) is 7.16. The summed E-state index contributed by atoms with van der Waals surface area (Å²) < 4.78 is 26.4. The molecule has 1 aliphatic heterocycles. The molecule has 1 aliphatic rings. The maximum absolute atomic E-state index is 12.2. The summed E-state index contributed by atoms with van der Waals surface area (Å²) in [7, 11) is -3.56. The molecule has 0 aliphatic carbocycles. The maximum atomic E-state index is 12.2. The monoisotopic (exact) mass is 365 g/mol. The number of rotatable bonds is 8. The van der Waals surface area contributed by atoms with Crippen molar-refractivity contribution >= 4 is 15.9 Å². The number of hydrogen-bond acceptors (Lipinski definition) is 4. The molecular weight excluding hydrogens is 338 g/mol. The molecule has 1 aromatic rings. The Morgan fingerprint density at radius 3 is 2.72 bits per heavy atom. The number of sulfonamides is 1. The summed E-state index contributed by atoms with van der Waals surface area (Å²) in [5.74, 6) is 0.529. The molecule has 6 nitrogen and oxygen atoms in total. The van der Waals surface area contributed by atoms with E-state index in [-0.39, 0.29) is 17.3 Å². The van der Waals surface area contributed by atoms with Gasteiger partial charge in [0.05, 0.1) is 4.90 Å². The number of amides is 1. The lowest BCUT2D eigenvalue weighted by Crippen LogP contribution is -2.40. The summed E-state index contributed by atoms with van der Waals surface area (Å²) in [5.41, 5.74) is 0.453. The number of nitrogens with zero attached hydrogens (tertiary/aromatic N) is 1. The highest BCUT2D eigenvalue weighted by molar-refractivity contribution is 7.89. The van der Waals surface area contributed by atoms with Crippen molar-refractivity contribution in [3.8, 4) is 0 Å². The topological polar surface area (TPSA) is 78.5 Å². The van der Waals surface area contributed by atoms with Gasteiger partial charge in [0.1, 0.15) is 0 Å². The average molecular weight is 365 g/mol. The van der Waals surface area contributed by atoms with Crippen LogP contribution in [-0.2, 0) is 10.0 Å². The van der Waals surface area contributed by atoms with Crippen molar-refractivity contribution in [1.82, 2.24) is 14.9 Å². The van der Waals surface area contributed by atoms with Crippen LogP contribution in [0.25, 0.3) is 0 Å².